The minimum atomic E-state index is -0.682. The molecule has 1 aliphatic heterocycles. The molecule has 0 saturated carbocycles. The predicted octanol–water partition coefficient (Wildman–Crippen LogP) is 3.88. The van der Waals surface area contributed by atoms with Crippen LogP contribution in [0.3, 0.4) is 0 Å². The van der Waals surface area contributed by atoms with Crippen LogP contribution in [0, 0.1) is 5.92 Å². The van der Waals surface area contributed by atoms with Gasteiger partial charge in [-0.05, 0) is 57.4 Å². The van der Waals surface area contributed by atoms with Crippen molar-refractivity contribution >= 4 is 28.8 Å². The molecule has 1 aliphatic rings. The number of aryl methyl sites for hydroxylation is 1. The van der Waals surface area contributed by atoms with Crippen LogP contribution in [-0.2, 0) is 20.7 Å². The number of amides is 1. The van der Waals surface area contributed by atoms with Crippen LogP contribution in [0.5, 0.6) is 0 Å². The highest BCUT2D eigenvalue weighted by atomic mass is 32.2. The van der Waals surface area contributed by atoms with Gasteiger partial charge in [-0.1, -0.05) is 36.4 Å². The van der Waals surface area contributed by atoms with E-state index in [9.17, 15) is 14.4 Å². The summed E-state index contributed by atoms with van der Waals surface area (Å²) in [6.07, 6.45) is 3.15. The summed E-state index contributed by atoms with van der Waals surface area (Å²) in [6.45, 7) is 5.56. The molecule has 1 heterocycles. The minimum Gasteiger partial charge on any atom is -0.444 e. The average molecular weight is 375 g/mol. The smallest absolute Gasteiger partial charge is 0.407 e. The highest BCUT2D eigenvalue weighted by molar-refractivity contribution is 8.18. The van der Waals surface area contributed by atoms with Gasteiger partial charge in [-0.3, -0.25) is 9.59 Å². The molecule has 0 aliphatic carbocycles. The molecule has 2 rings (SSSR count). The first kappa shape index (κ1) is 20.2. The number of alkyl carbamates (subject to hydrolysis) is 1. The Balaban J connectivity index is 1.80. The first-order valence-electron chi connectivity index (χ1n) is 8.73. The Kier molecular flexibility index (Phi) is 7.03. The third-order valence-corrected chi connectivity index (χ3v) is 4.83. The molecule has 1 atom stereocenters. The summed E-state index contributed by atoms with van der Waals surface area (Å²) < 4.78 is 5.14. The van der Waals surface area contributed by atoms with Gasteiger partial charge in [-0.2, -0.15) is 0 Å². The average Bonchev–Trinajstić information content (AvgIpc) is 2.82. The molecule has 1 saturated heterocycles. The number of nitrogens with one attached hydrogen (secondary N) is 1. The molecule has 0 bridgehead atoms. The first-order valence-corrected chi connectivity index (χ1v) is 9.55. The van der Waals surface area contributed by atoms with Crippen molar-refractivity contribution in [3.8, 4) is 0 Å². The molecule has 0 radical (unpaired) electrons. The van der Waals surface area contributed by atoms with Gasteiger partial charge < -0.3 is 10.1 Å². The number of ketones is 1. The summed E-state index contributed by atoms with van der Waals surface area (Å²) in [7, 11) is 0. The Hall–Kier alpha value is -2.08. The third-order valence-electron chi connectivity index (χ3n) is 3.76. The SMILES string of the molecule is CC(C)(C)OC(=O)NCCC1C(=O)S/C(=C/CCc2ccccc2)C1=O. The summed E-state index contributed by atoms with van der Waals surface area (Å²) in [5, 5.41) is 2.45. The number of hydrogen-bond donors (Lipinski definition) is 1. The fourth-order valence-electron chi connectivity index (χ4n) is 2.55. The molecule has 1 unspecified atom stereocenters. The third kappa shape index (κ3) is 6.33. The van der Waals surface area contributed by atoms with E-state index in [4.69, 9.17) is 4.74 Å². The van der Waals surface area contributed by atoms with Crippen molar-refractivity contribution < 1.29 is 19.1 Å². The number of benzene rings is 1. The van der Waals surface area contributed by atoms with Gasteiger partial charge in [0.25, 0.3) is 0 Å². The van der Waals surface area contributed by atoms with Crippen LogP contribution in [-0.4, -0.2) is 29.1 Å². The fourth-order valence-corrected chi connectivity index (χ4v) is 3.58. The van der Waals surface area contributed by atoms with Gasteiger partial charge in [0.15, 0.2) is 5.78 Å². The maximum atomic E-state index is 12.4. The van der Waals surface area contributed by atoms with E-state index in [1.54, 1.807) is 20.8 Å². The largest absolute Gasteiger partial charge is 0.444 e. The van der Waals surface area contributed by atoms with Crippen molar-refractivity contribution in [1.29, 1.82) is 0 Å². The topological polar surface area (TPSA) is 72.5 Å². The van der Waals surface area contributed by atoms with Gasteiger partial charge in [0, 0.05) is 6.54 Å². The molecule has 1 amide bonds. The molecular weight excluding hydrogens is 350 g/mol. The zero-order chi connectivity index (χ0) is 19.2. The lowest BCUT2D eigenvalue weighted by molar-refractivity contribution is -0.124. The van der Waals surface area contributed by atoms with Crippen LogP contribution in [0.2, 0.25) is 0 Å². The molecule has 1 aromatic carbocycles. The van der Waals surface area contributed by atoms with Crippen LogP contribution in [0.15, 0.2) is 41.3 Å². The predicted molar refractivity (Wildman–Crippen MR) is 103 cm³/mol. The Morgan fingerprint density at radius 3 is 2.58 bits per heavy atom. The number of allylic oxidation sites excluding steroid dienone is 2. The monoisotopic (exact) mass is 375 g/mol. The van der Waals surface area contributed by atoms with Crippen molar-refractivity contribution in [2.24, 2.45) is 5.92 Å². The summed E-state index contributed by atoms with van der Waals surface area (Å²) in [5.41, 5.74) is 0.623. The Labute approximate surface area is 158 Å². The standard InChI is InChI=1S/C20H25NO4S/c1-20(2,3)25-19(24)21-13-12-15-17(22)16(26-18(15)23)11-7-10-14-8-5-4-6-9-14/h4-6,8-9,11,15H,7,10,12-13H2,1-3H3,(H,21,24)/b16-11+. The molecule has 26 heavy (non-hydrogen) atoms. The highest BCUT2D eigenvalue weighted by Crippen LogP contribution is 2.35. The van der Waals surface area contributed by atoms with Crippen molar-refractivity contribution in [2.45, 2.75) is 45.6 Å². The second-order valence-corrected chi connectivity index (χ2v) is 8.19. The van der Waals surface area contributed by atoms with Crippen LogP contribution in [0.4, 0.5) is 4.79 Å². The van der Waals surface area contributed by atoms with E-state index in [0.29, 0.717) is 17.7 Å². The van der Waals surface area contributed by atoms with Crippen LogP contribution >= 0.6 is 11.8 Å². The number of carbonyl (C=O) groups is 3. The molecule has 1 fully saturated rings. The van der Waals surface area contributed by atoms with E-state index in [1.807, 2.05) is 36.4 Å². The van der Waals surface area contributed by atoms with Crippen molar-refractivity contribution in [2.75, 3.05) is 6.54 Å². The maximum Gasteiger partial charge on any atom is 0.407 e. The summed E-state index contributed by atoms with van der Waals surface area (Å²) >= 11 is 1.01. The van der Waals surface area contributed by atoms with Crippen LogP contribution in [0.25, 0.3) is 0 Å². The lowest BCUT2D eigenvalue weighted by atomic mass is 10.0. The van der Waals surface area contributed by atoms with E-state index in [1.165, 1.54) is 5.56 Å². The Morgan fingerprint density at radius 2 is 1.92 bits per heavy atom. The number of thioether (sulfide) groups is 1. The summed E-state index contributed by atoms with van der Waals surface area (Å²) in [6, 6.07) is 10.0. The van der Waals surface area contributed by atoms with Crippen LogP contribution < -0.4 is 5.32 Å². The normalized spacial score (nSPS) is 19.0. The molecule has 0 spiro atoms. The highest BCUT2D eigenvalue weighted by Gasteiger charge is 2.37. The first-order chi connectivity index (χ1) is 12.3. The van der Waals surface area contributed by atoms with Crippen molar-refractivity contribution in [3.05, 3.63) is 46.9 Å². The van der Waals surface area contributed by atoms with Gasteiger partial charge in [-0.15, -0.1) is 0 Å². The molecule has 5 nitrogen and oxygen atoms in total. The Bertz CT molecular complexity index is 692. The van der Waals surface area contributed by atoms with Crippen molar-refractivity contribution in [3.63, 3.8) is 0 Å². The zero-order valence-electron chi connectivity index (χ0n) is 15.4. The van der Waals surface area contributed by atoms with E-state index < -0.39 is 17.6 Å². The Morgan fingerprint density at radius 1 is 1.23 bits per heavy atom. The number of rotatable bonds is 6. The molecule has 1 aromatic rings. The number of ether oxygens (including phenoxy) is 1. The quantitative estimate of drug-likeness (QED) is 0.603. The fraction of sp³-hybridized carbons (Fsp3) is 0.450. The van der Waals surface area contributed by atoms with Gasteiger partial charge in [0.05, 0.1) is 10.8 Å². The van der Waals surface area contributed by atoms with E-state index in [0.717, 1.165) is 18.2 Å². The van der Waals surface area contributed by atoms with Gasteiger partial charge in [0.2, 0.25) is 5.12 Å². The van der Waals surface area contributed by atoms with Crippen LogP contribution in [0.1, 0.15) is 39.2 Å². The van der Waals surface area contributed by atoms with E-state index in [2.05, 4.69) is 5.32 Å². The number of carbonyl (C=O) groups excluding carboxylic acids is 3. The number of Topliss-reactive ketones (excluding diaryl/α,β-unsaturated/α-hetero) is 1. The van der Waals surface area contributed by atoms with Gasteiger partial charge >= 0.3 is 6.09 Å². The summed E-state index contributed by atoms with van der Waals surface area (Å²) in [4.78, 5) is 36.6. The molecule has 1 N–H and O–H groups in total. The minimum absolute atomic E-state index is 0.140. The molecule has 0 aromatic heterocycles. The van der Waals surface area contributed by atoms with Crippen molar-refractivity contribution in [1.82, 2.24) is 5.32 Å². The molecule has 140 valence electrons. The van der Waals surface area contributed by atoms with E-state index >= 15 is 0 Å². The van der Waals surface area contributed by atoms with Gasteiger partial charge in [0.1, 0.15) is 5.60 Å². The second-order valence-electron chi connectivity index (χ2n) is 7.15. The lowest BCUT2D eigenvalue weighted by Crippen LogP contribution is -2.34. The zero-order valence-corrected chi connectivity index (χ0v) is 16.2. The summed E-state index contributed by atoms with van der Waals surface area (Å²) in [5.74, 6) is -0.822. The lowest BCUT2D eigenvalue weighted by Gasteiger charge is -2.19. The molecule has 6 heteroatoms. The second kappa shape index (κ2) is 9.03. The van der Waals surface area contributed by atoms with Gasteiger partial charge in [-0.25, -0.2) is 4.79 Å². The maximum absolute atomic E-state index is 12.4. The number of hydrogen-bond acceptors (Lipinski definition) is 5. The van der Waals surface area contributed by atoms with E-state index in [-0.39, 0.29) is 17.4 Å². The molecular formula is C20H25NO4S.